The second-order valence-corrected chi connectivity index (χ2v) is 8.95. The number of urea groups is 1. The van der Waals surface area contributed by atoms with Gasteiger partial charge in [0.25, 0.3) is 0 Å². The molecule has 0 aliphatic carbocycles. The number of anilines is 2. The fourth-order valence-corrected chi connectivity index (χ4v) is 5.69. The molecular weight excluding hydrogens is 395 g/mol. The molecule has 4 rings (SSSR count). The van der Waals surface area contributed by atoms with Crippen LogP contribution < -0.4 is 20.9 Å². The number of amides is 3. The molecular formula is C20H27FN4O3S. The maximum atomic E-state index is 14.4. The van der Waals surface area contributed by atoms with Gasteiger partial charge in [-0.1, -0.05) is 6.42 Å². The van der Waals surface area contributed by atoms with Crippen molar-refractivity contribution in [2.24, 2.45) is 0 Å². The number of thioether (sulfide) groups is 1. The topological polar surface area (TPSA) is 82.7 Å². The zero-order valence-electron chi connectivity index (χ0n) is 16.3. The first kappa shape index (κ1) is 20.3. The van der Waals surface area contributed by atoms with Crippen molar-refractivity contribution in [3.8, 4) is 0 Å². The molecule has 3 aliphatic heterocycles. The normalized spacial score (nSPS) is 26.0. The maximum absolute atomic E-state index is 14.4. The van der Waals surface area contributed by atoms with Crippen LogP contribution >= 0.6 is 11.8 Å². The van der Waals surface area contributed by atoms with Gasteiger partial charge in [0.15, 0.2) is 0 Å². The van der Waals surface area contributed by atoms with E-state index in [1.807, 2.05) is 16.7 Å². The molecule has 3 N–H and O–H groups in total. The summed E-state index contributed by atoms with van der Waals surface area (Å²) in [5, 5.41) is 9.12. The van der Waals surface area contributed by atoms with Gasteiger partial charge in [-0.3, -0.25) is 4.79 Å². The lowest BCUT2D eigenvalue weighted by Gasteiger charge is -2.29. The number of rotatable bonds is 7. The van der Waals surface area contributed by atoms with Crippen LogP contribution in [0.5, 0.6) is 0 Å². The van der Waals surface area contributed by atoms with Crippen molar-refractivity contribution in [2.75, 3.05) is 42.3 Å². The molecule has 158 valence electrons. The van der Waals surface area contributed by atoms with E-state index in [-0.39, 0.29) is 29.8 Å². The molecule has 3 amide bonds. The molecule has 0 aromatic heterocycles. The van der Waals surface area contributed by atoms with Crippen LogP contribution in [0, 0.1) is 5.82 Å². The van der Waals surface area contributed by atoms with Crippen molar-refractivity contribution in [2.45, 2.75) is 43.0 Å². The number of halogens is 1. The minimum atomic E-state index is -0.329. The summed E-state index contributed by atoms with van der Waals surface area (Å²) < 4.78 is 19.7. The highest BCUT2D eigenvalue weighted by molar-refractivity contribution is 8.00. The van der Waals surface area contributed by atoms with Crippen LogP contribution in [-0.4, -0.2) is 61.3 Å². The Balaban J connectivity index is 1.19. The van der Waals surface area contributed by atoms with E-state index >= 15 is 0 Å². The number of morpholine rings is 1. The lowest BCUT2D eigenvalue weighted by Crippen LogP contribution is -2.36. The highest BCUT2D eigenvalue weighted by Crippen LogP contribution is 2.33. The second-order valence-electron chi connectivity index (χ2n) is 7.68. The van der Waals surface area contributed by atoms with Crippen LogP contribution in [-0.2, 0) is 9.53 Å². The molecule has 0 bridgehead atoms. The third kappa shape index (κ3) is 4.95. The van der Waals surface area contributed by atoms with Gasteiger partial charge in [0.05, 0.1) is 31.0 Å². The summed E-state index contributed by atoms with van der Waals surface area (Å²) in [6, 6.07) is 5.21. The third-order valence-corrected chi connectivity index (χ3v) is 7.17. The van der Waals surface area contributed by atoms with Gasteiger partial charge >= 0.3 is 6.03 Å². The minimum absolute atomic E-state index is 0.0726. The Bertz CT molecular complexity index is 759. The number of carbonyl (C=O) groups excluding carboxylic acids is 2. The van der Waals surface area contributed by atoms with E-state index in [1.165, 1.54) is 6.07 Å². The molecule has 0 saturated carbocycles. The standard InChI is InChI=1S/C20H27FN4O3S/c21-14-11-13(5-6-16(14)25-7-9-28-10-8-25)22-18(26)4-2-1-3-17-19-15(12-29-17)23-20(27)24-19/h5-6,11,15,17,19H,1-4,7-10,12H2,(H,22,26)(H2,23,24,27)/t15-,17-,19-/m0/s1. The van der Waals surface area contributed by atoms with E-state index < -0.39 is 0 Å². The minimum Gasteiger partial charge on any atom is -0.378 e. The van der Waals surface area contributed by atoms with Crippen molar-refractivity contribution in [3.63, 3.8) is 0 Å². The molecule has 1 aromatic rings. The zero-order chi connectivity index (χ0) is 20.2. The molecule has 0 unspecified atom stereocenters. The van der Waals surface area contributed by atoms with Gasteiger partial charge in [-0.25, -0.2) is 9.18 Å². The Morgan fingerprint density at radius 1 is 1.28 bits per heavy atom. The van der Waals surface area contributed by atoms with E-state index in [1.54, 1.807) is 12.1 Å². The number of hydrogen-bond acceptors (Lipinski definition) is 5. The summed E-state index contributed by atoms with van der Waals surface area (Å²) in [6.07, 6.45) is 3.08. The molecule has 1 aromatic carbocycles. The number of nitrogens with zero attached hydrogens (tertiary/aromatic N) is 1. The van der Waals surface area contributed by atoms with Crippen LogP contribution in [0.15, 0.2) is 18.2 Å². The molecule has 0 spiro atoms. The smallest absolute Gasteiger partial charge is 0.315 e. The largest absolute Gasteiger partial charge is 0.378 e. The first-order valence-corrected chi connectivity index (χ1v) is 11.3. The van der Waals surface area contributed by atoms with Gasteiger partial charge in [-0.2, -0.15) is 11.8 Å². The highest BCUT2D eigenvalue weighted by atomic mass is 32.2. The lowest BCUT2D eigenvalue weighted by atomic mass is 10.0. The van der Waals surface area contributed by atoms with E-state index in [2.05, 4.69) is 16.0 Å². The Kier molecular flexibility index (Phi) is 6.44. The predicted molar refractivity (Wildman–Crippen MR) is 112 cm³/mol. The third-order valence-electron chi connectivity index (χ3n) is 5.66. The van der Waals surface area contributed by atoms with E-state index in [0.29, 0.717) is 49.3 Å². The van der Waals surface area contributed by atoms with Crippen molar-refractivity contribution in [1.82, 2.24) is 10.6 Å². The number of nitrogens with one attached hydrogen (secondary N) is 3. The second kappa shape index (κ2) is 9.21. The fraction of sp³-hybridized carbons (Fsp3) is 0.600. The lowest BCUT2D eigenvalue weighted by molar-refractivity contribution is -0.116. The number of ether oxygens (including phenoxy) is 1. The van der Waals surface area contributed by atoms with Crippen LogP contribution in [0.2, 0.25) is 0 Å². The van der Waals surface area contributed by atoms with Crippen LogP contribution in [0.1, 0.15) is 25.7 Å². The summed E-state index contributed by atoms with van der Waals surface area (Å²) in [7, 11) is 0. The van der Waals surface area contributed by atoms with E-state index in [4.69, 9.17) is 4.74 Å². The molecule has 3 aliphatic rings. The zero-order valence-corrected chi connectivity index (χ0v) is 17.1. The molecule has 9 heteroatoms. The average molecular weight is 423 g/mol. The number of benzene rings is 1. The van der Waals surface area contributed by atoms with Crippen molar-refractivity contribution < 1.29 is 18.7 Å². The summed E-state index contributed by atoms with van der Waals surface area (Å²) in [5.41, 5.74) is 1.03. The molecule has 3 heterocycles. The van der Waals surface area contributed by atoms with Gasteiger partial charge in [0.1, 0.15) is 5.82 Å². The molecule has 3 fully saturated rings. The van der Waals surface area contributed by atoms with E-state index in [0.717, 1.165) is 25.0 Å². The highest BCUT2D eigenvalue weighted by Gasteiger charge is 2.42. The van der Waals surface area contributed by atoms with Crippen molar-refractivity contribution >= 4 is 35.1 Å². The van der Waals surface area contributed by atoms with Gasteiger partial charge in [-0.15, -0.1) is 0 Å². The van der Waals surface area contributed by atoms with Gasteiger partial charge in [-0.05, 0) is 31.0 Å². The predicted octanol–water partition coefficient (Wildman–Crippen LogP) is 2.33. The number of carbonyl (C=O) groups is 2. The van der Waals surface area contributed by atoms with Crippen LogP contribution in [0.4, 0.5) is 20.6 Å². The first-order valence-electron chi connectivity index (χ1n) is 10.2. The fourth-order valence-electron chi connectivity index (χ4n) is 4.14. The molecule has 3 saturated heterocycles. The molecule has 0 radical (unpaired) electrons. The average Bonchev–Trinajstić information content (AvgIpc) is 3.25. The summed E-state index contributed by atoms with van der Waals surface area (Å²) in [5.74, 6) is 0.515. The Morgan fingerprint density at radius 3 is 2.90 bits per heavy atom. The summed E-state index contributed by atoms with van der Waals surface area (Å²) in [4.78, 5) is 25.6. The van der Waals surface area contributed by atoms with Gasteiger partial charge in [0.2, 0.25) is 5.91 Å². The van der Waals surface area contributed by atoms with Crippen molar-refractivity contribution in [1.29, 1.82) is 0 Å². The van der Waals surface area contributed by atoms with E-state index in [9.17, 15) is 14.0 Å². The Hall–Kier alpha value is -2.00. The summed E-state index contributed by atoms with van der Waals surface area (Å²) in [6.45, 7) is 2.54. The number of unbranched alkanes of at least 4 members (excludes halogenated alkanes) is 1. The van der Waals surface area contributed by atoms with Gasteiger partial charge < -0.3 is 25.6 Å². The Labute approximate surface area is 174 Å². The summed E-state index contributed by atoms with van der Waals surface area (Å²) >= 11 is 1.88. The van der Waals surface area contributed by atoms with Crippen LogP contribution in [0.3, 0.4) is 0 Å². The molecule has 29 heavy (non-hydrogen) atoms. The maximum Gasteiger partial charge on any atom is 0.315 e. The van der Waals surface area contributed by atoms with Gasteiger partial charge in [0, 0.05) is 36.2 Å². The SMILES string of the molecule is O=C(CCCC[C@@H]1SC[C@@H]2NC(=O)N[C@@H]21)Nc1ccc(N2CCOCC2)c(F)c1. The number of fused-ring (bicyclic) bond motifs is 1. The first-order chi connectivity index (χ1) is 14.1. The quantitative estimate of drug-likeness (QED) is 0.464. The van der Waals surface area contributed by atoms with Crippen molar-refractivity contribution in [3.05, 3.63) is 24.0 Å². The molecule has 3 atom stereocenters. The van der Waals surface area contributed by atoms with Crippen LogP contribution in [0.25, 0.3) is 0 Å². The number of hydrogen-bond donors (Lipinski definition) is 3. The molecule has 7 nitrogen and oxygen atoms in total. The Morgan fingerprint density at radius 2 is 2.10 bits per heavy atom. The monoisotopic (exact) mass is 422 g/mol.